The predicted molar refractivity (Wildman–Crippen MR) is 136 cm³/mol. The van der Waals surface area contributed by atoms with Crippen molar-refractivity contribution in [1.29, 1.82) is 0 Å². The van der Waals surface area contributed by atoms with Crippen LogP contribution >= 0.6 is 0 Å². The van der Waals surface area contributed by atoms with Crippen molar-refractivity contribution in [3.05, 3.63) is 0 Å². The Bertz CT molecular complexity index is 398. The Kier molecular flexibility index (Phi) is 29.6. The van der Waals surface area contributed by atoms with E-state index in [2.05, 4.69) is 13.8 Å². The van der Waals surface area contributed by atoms with E-state index in [1.165, 1.54) is 103 Å². The van der Waals surface area contributed by atoms with Crippen molar-refractivity contribution in [2.75, 3.05) is 0 Å². The summed E-state index contributed by atoms with van der Waals surface area (Å²) in [6.45, 7) is 6.38. The third kappa shape index (κ3) is 25.2. The molecule has 3 nitrogen and oxygen atoms in total. The third-order valence-corrected chi connectivity index (χ3v) is 6.09. The fourth-order valence-electron chi connectivity index (χ4n) is 3.90. The quantitative estimate of drug-likeness (QED) is 0.0700. The van der Waals surface area contributed by atoms with Crippen molar-refractivity contribution in [1.82, 2.24) is 0 Å². The molecule has 0 aliphatic carbocycles. The van der Waals surface area contributed by atoms with E-state index in [-0.39, 0.29) is 69.2 Å². The second-order valence-electron chi connectivity index (χ2n) is 9.24. The molecule has 0 bridgehead atoms. The Hall–Kier alpha value is 0.776. The second kappa shape index (κ2) is 27.0. The van der Waals surface area contributed by atoms with Gasteiger partial charge in [0.1, 0.15) is 0 Å². The van der Waals surface area contributed by atoms with Crippen LogP contribution in [0.3, 0.4) is 0 Å². The average Bonchev–Trinajstić information content (AvgIpc) is 2.73. The van der Waals surface area contributed by atoms with Crippen LogP contribution < -0.4 is 0 Å². The van der Waals surface area contributed by atoms with Crippen molar-refractivity contribution >= 4 is 63.3 Å². The minimum atomic E-state index is -0.335. The van der Waals surface area contributed by atoms with Crippen LogP contribution in [0.4, 0.5) is 0 Å². The van der Waals surface area contributed by atoms with Crippen molar-refractivity contribution < 1.29 is 14.3 Å². The molecule has 0 saturated heterocycles. The number of hydrogen-bond acceptors (Lipinski definition) is 3. The van der Waals surface area contributed by atoms with Crippen LogP contribution in [0.25, 0.3) is 0 Å². The number of esters is 2. The van der Waals surface area contributed by atoms with Gasteiger partial charge in [0.15, 0.2) is 0 Å². The molecule has 0 N–H and O–H groups in total. The first-order valence-corrected chi connectivity index (χ1v) is 13.4. The molecule has 0 aromatic carbocycles. The van der Waals surface area contributed by atoms with Gasteiger partial charge in [-0.1, -0.05) is 136 Å². The topological polar surface area (TPSA) is 43.4 Å². The predicted octanol–water partition coefficient (Wildman–Crippen LogP) is 8.28. The number of ether oxygens (including phenoxy) is 1. The fraction of sp³-hybridized carbons (Fsp3) is 0.926. The number of unbranched alkanes of at least 4 members (excludes halogenated alkanes) is 17. The summed E-state index contributed by atoms with van der Waals surface area (Å²) in [6, 6.07) is 0. The standard InChI is InChI=1S/C27H52O3.K.H/c1-4-6-8-10-12-14-15-16-18-20-22-24-26(28)30-27(29)25(3)23-21-19-17-13-11-9-7-5-2;;/h25H,4-24H2,1-3H3;;. The first kappa shape index (κ1) is 33.9. The van der Waals surface area contributed by atoms with Crippen molar-refractivity contribution in [2.24, 2.45) is 5.92 Å². The normalized spacial score (nSPS) is 11.7. The molecule has 0 aromatic rings. The zero-order chi connectivity index (χ0) is 22.3. The zero-order valence-corrected chi connectivity index (χ0v) is 20.7. The number of hydrogen-bond donors (Lipinski definition) is 0. The Balaban J connectivity index is 0. The molecule has 31 heavy (non-hydrogen) atoms. The number of rotatable bonds is 22. The van der Waals surface area contributed by atoms with Gasteiger partial charge in [-0.3, -0.25) is 9.59 Å². The molecule has 1 unspecified atom stereocenters. The van der Waals surface area contributed by atoms with Gasteiger partial charge < -0.3 is 4.74 Å². The molecule has 0 aliphatic heterocycles. The molecule has 0 heterocycles. The molecule has 0 saturated carbocycles. The van der Waals surface area contributed by atoms with Gasteiger partial charge in [0, 0.05) is 6.42 Å². The maximum absolute atomic E-state index is 12.0. The van der Waals surface area contributed by atoms with Gasteiger partial charge in [0.2, 0.25) is 0 Å². The summed E-state index contributed by atoms with van der Waals surface area (Å²) in [5, 5.41) is 0. The molecule has 0 spiro atoms. The van der Waals surface area contributed by atoms with Crippen LogP contribution in [0.2, 0.25) is 0 Å². The Morgan fingerprint density at radius 2 is 0.935 bits per heavy atom. The van der Waals surface area contributed by atoms with Crippen LogP contribution in [0.15, 0.2) is 0 Å². The molecule has 1 atom stereocenters. The Morgan fingerprint density at radius 3 is 1.35 bits per heavy atom. The van der Waals surface area contributed by atoms with Gasteiger partial charge in [-0.2, -0.15) is 0 Å². The van der Waals surface area contributed by atoms with E-state index in [0.717, 1.165) is 25.7 Å². The van der Waals surface area contributed by atoms with Gasteiger partial charge in [0.05, 0.1) is 5.92 Å². The second-order valence-corrected chi connectivity index (χ2v) is 9.24. The van der Waals surface area contributed by atoms with Crippen LogP contribution in [0, 0.1) is 5.92 Å². The van der Waals surface area contributed by atoms with Crippen LogP contribution in [-0.2, 0) is 14.3 Å². The molecule has 0 fully saturated rings. The van der Waals surface area contributed by atoms with Crippen LogP contribution in [-0.4, -0.2) is 63.3 Å². The average molecular weight is 465 g/mol. The third-order valence-electron chi connectivity index (χ3n) is 6.09. The summed E-state index contributed by atoms with van der Waals surface area (Å²) >= 11 is 0. The van der Waals surface area contributed by atoms with Gasteiger partial charge in [-0.15, -0.1) is 0 Å². The molecule has 180 valence electrons. The Labute approximate surface area is 237 Å². The van der Waals surface area contributed by atoms with Crippen molar-refractivity contribution in [2.45, 2.75) is 156 Å². The SMILES string of the molecule is CCCCCCCCCCCCCC(=O)OC(=O)C(C)CCCCCCCCCC.[KH]. The maximum atomic E-state index is 12.0. The summed E-state index contributed by atoms with van der Waals surface area (Å²) in [5.41, 5.74) is 0. The summed E-state index contributed by atoms with van der Waals surface area (Å²) < 4.78 is 5.05. The molecule has 4 heteroatoms. The van der Waals surface area contributed by atoms with Crippen molar-refractivity contribution in [3.8, 4) is 0 Å². The molecular weight excluding hydrogens is 411 g/mol. The summed E-state index contributed by atoms with van der Waals surface area (Å²) in [6.07, 6.45) is 25.1. The van der Waals surface area contributed by atoms with Crippen LogP contribution in [0.1, 0.15) is 156 Å². The van der Waals surface area contributed by atoms with Gasteiger partial charge >= 0.3 is 63.3 Å². The fourth-order valence-corrected chi connectivity index (χ4v) is 3.90. The minimum absolute atomic E-state index is 0. The zero-order valence-electron chi connectivity index (χ0n) is 20.7. The first-order chi connectivity index (χ1) is 14.6. The van der Waals surface area contributed by atoms with E-state index in [9.17, 15) is 9.59 Å². The van der Waals surface area contributed by atoms with E-state index in [4.69, 9.17) is 4.74 Å². The first-order valence-electron chi connectivity index (χ1n) is 13.4. The molecular formula is C27H53KO3. The van der Waals surface area contributed by atoms with Gasteiger partial charge in [-0.25, -0.2) is 0 Å². The molecule has 0 rings (SSSR count). The molecule has 0 aliphatic rings. The number of carbonyl (C=O) groups excluding carboxylic acids is 2. The van der Waals surface area contributed by atoms with Gasteiger partial charge in [-0.05, 0) is 12.8 Å². The summed E-state index contributed by atoms with van der Waals surface area (Å²) in [5.74, 6) is -0.823. The summed E-state index contributed by atoms with van der Waals surface area (Å²) in [4.78, 5) is 23.9. The monoisotopic (exact) mass is 464 g/mol. The molecule has 0 aromatic heterocycles. The van der Waals surface area contributed by atoms with E-state index in [0.29, 0.717) is 6.42 Å². The van der Waals surface area contributed by atoms with Gasteiger partial charge in [0.25, 0.3) is 0 Å². The van der Waals surface area contributed by atoms with E-state index in [1.54, 1.807) is 0 Å². The number of carbonyl (C=O) groups is 2. The summed E-state index contributed by atoms with van der Waals surface area (Å²) in [7, 11) is 0. The Morgan fingerprint density at radius 1 is 0.581 bits per heavy atom. The van der Waals surface area contributed by atoms with Crippen molar-refractivity contribution in [3.63, 3.8) is 0 Å². The van der Waals surface area contributed by atoms with E-state index < -0.39 is 0 Å². The van der Waals surface area contributed by atoms with E-state index in [1.807, 2.05) is 6.92 Å². The molecule has 0 radical (unpaired) electrons. The van der Waals surface area contributed by atoms with E-state index >= 15 is 0 Å². The van der Waals surface area contributed by atoms with Crippen LogP contribution in [0.5, 0.6) is 0 Å². The molecule has 0 amide bonds.